The Morgan fingerprint density at radius 1 is 1.00 bits per heavy atom. The maximum Gasteiger partial charge on any atom is 0.314 e. The van der Waals surface area contributed by atoms with E-state index in [1.54, 1.807) is 17.4 Å². The highest BCUT2D eigenvalue weighted by molar-refractivity contribution is 7.12. The van der Waals surface area contributed by atoms with Crippen LogP contribution < -0.4 is 16.4 Å². The van der Waals surface area contributed by atoms with Gasteiger partial charge in [-0.15, -0.1) is 11.3 Å². The van der Waals surface area contributed by atoms with Crippen molar-refractivity contribution in [2.24, 2.45) is 0 Å². The summed E-state index contributed by atoms with van der Waals surface area (Å²) >= 11 is 1.79. The summed E-state index contributed by atoms with van der Waals surface area (Å²) < 4.78 is 0. The topological polar surface area (TPSA) is 77.8 Å². The van der Waals surface area contributed by atoms with Gasteiger partial charge in [-0.3, -0.25) is 9.59 Å². The fourth-order valence-electron chi connectivity index (χ4n) is 2.12. The molecule has 0 amide bonds. The second-order valence-corrected chi connectivity index (χ2v) is 6.00. The molecule has 0 aliphatic carbocycles. The van der Waals surface area contributed by atoms with Crippen molar-refractivity contribution in [3.05, 3.63) is 60.8 Å². The van der Waals surface area contributed by atoms with E-state index in [1.165, 1.54) is 9.75 Å². The highest BCUT2D eigenvalue weighted by atomic mass is 32.1. The Labute approximate surface area is 124 Å². The summed E-state index contributed by atoms with van der Waals surface area (Å²) in [5.74, 6) is 0. The van der Waals surface area contributed by atoms with E-state index in [4.69, 9.17) is 0 Å². The fourth-order valence-corrected chi connectivity index (χ4v) is 3.02. The average Bonchev–Trinajstić information content (AvgIpc) is 2.94. The largest absolute Gasteiger partial charge is 0.380 e. The summed E-state index contributed by atoms with van der Waals surface area (Å²) in [6.07, 6.45) is 1.05. The van der Waals surface area contributed by atoms with Gasteiger partial charge >= 0.3 is 11.1 Å². The zero-order chi connectivity index (χ0) is 14.8. The van der Waals surface area contributed by atoms with Crippen molar-refractivity contribution >= 4 is 28.1 Å². The zero-order valence-corrected chi connectivity index (χ0v) is 12.3. The lowest BCUT2D eigenvalue weighted by Gasteiger charge is -2.06. The van der Waals surface area contributed by atoms with E-state index >= 15 is 0 Å². The van der Waals surface area contributed by atoms with Gasteiger partial charge in [0.15, 0.2) is 0 Å². The quantitative estimate of drug-likeness (QED) is 0.648. The number of thiophene rings is 1. The molecule has 108 valence electrons. The van der Waals surface area contributed by atoms with E-state index in [1.807, 2.05) is 12.1 Å². The average molecular weight is 301 g/mol. The third-order valence-electron chi connectivity index (χ3n) is 3.25. The van der Waals surface area contributed by atoms with Crippen LogP contribution in [0.4, 0.5) is 5.69 Å². The first-order valence-corrected chi connectivity index (χ1v) is 7.55. The summed E-state index contributed by atoms with van der Waals surface area (Å²) in [6, 6.07) is 9.74. The number of nitrogens with one attached hydrogen (secondary N) is 3. The van der Waals surface area contributed by atoms with Gasteiger partial charge in [-0.25, -0.2) is 0 Å². The molecule has 1 aromatic carbocycles. The maximum absolute atomic E-state index is 11.3. The smallest absolute Gasteiger partial charge is 0.314 e. The fraction of sp³-hybridized carbons (Fsp3) is 0.200. The van der Waals surface area contributed by atoms with Crippen LogP contribution in [0.1, 0.15) is 16.7 Å². The molecular weight excluding hydrogens is 286 g/mol. The molecule has 0 saturated carbocycles. The number of hydrogen-bond donors (Lipinski definition) is 3. The van der Waals surface area contributed by atoms with Crippen LogP contribution in [0.2, 0.25) is 0 Å². The summed E-state index contributed by atoms with van der Waals surface area (Å²) in [6.45, 7) is 2.88. The minimum atomic E-state index is -0.634. The number of aromatic nitrogens is 2. The van der Waals surface area contributed by atoms with Crippen LogP contribution in [-0.2, 0) is 13.0 Å². The van der Waals surface area contributed by atoms with Gasteiger partial charge in [-0.05, 0) is 36.8 Å². The van der Waals surface area contributed by atoms with Crippen molar-refractivity contribution in [1.29, 1.82) is 0 Å². The molecule has 0 saturated heterocycles. The van der Waals surface area contributed by atoms with Crippen molar-refractivity contribution < 1.29 is 0 Å². The minimum Gasteiger partial charge on any atom is -0.380 e. The molecule has 0 unspecified atom stereocenters. The minimum absolute atomic E-state index is 0.616. The number of anilines is 1. The molecule has 3 rings (SSSR count). The van der Waals surface area contributed by atoms with E-state index in [0.717, 1.165) is 18.7 Å². The second kappa shape index (κ2) is 5.57. The Hall–Kier alpha value is -2.34. The first kappa shape index (κ1) is 13.6. The molecule has 0 bridgehead atoms. The molecule has 0 aliphatic heterocycles. The molecule has 0 spiro atoms. The van der Waals surface area contributed by atoms with Crippen LogP contribution in [0, 0.1) is 0 Å². The number of aryl methyl sites for hydroxylation is 1. The second-order valence-electron chi connectivity index (χ2n) is 4.74. The standard InChI is InChI=1S/C15H15N3O2S/c1-2-10-4-5-11(21-10)8-16-9-3-6-12-13(7-9)18-15(20)14(19)17-12/h3-7,16H,2,8H2,1H3,(H,17,19)(H,18,20). The van der Waals surface area contributed by atoms with Crippen LogP contribution in [0.3, 0.4) is 0 Å². The Bertz CT molecular complexity index is 892. The number of aromatic amines is 2. The van der Waals surface area contributed by atoms with E-state index in [2.05, 4.69) is 34.3 Å². The zero-order valence-electron chi connectivity index (χ0n) is 11.5. The van der Waals surface area contributed by atoms with E-state index in [9.17, 15) is 9.59 Å². The van der Waals surface area contributed by atoms with Crippen molar-refractivity contribution in [2.75, 3.05) is 5.32 Å². The molecule has 6 heteroatoms. The highest BCUT2D eigenvalue weighted by Crippen LogP contribution is 2.19. The molecule has 0 aliphatic rings. The molecule has 3 aromatic rings. The summed E-state index contributed by atoms with van der Waals surface area (Å²) in [7, 11) is 0. The molecule has 0 atom stereocenters. The first-order chi connectivity index (χ1) is 10.2. The number of H-pyrrole nitrogens is 2. The van der Waals surface area contributed by atoms with Gasteiger partial charge in [0.2, 0.25) is 0 Å². The van der Waals surface area contributed by atoms with Crippen molar-refractivity contribution in [3.8, 4) is 0 Å². The van der Waals surface area contributed by atoms with Crippen LogP contribution in [-0.4, -0.2) is 9.97 Å². The summed E-state index contributed by atoms with van der Waals surface area (Å²) in [4.78, 5) is 30.3. The maximum atomic E-state index is 11.3. The number of fused-ring (bicyclic) bond motifs is 1. The van der Waals surface area contributed by atoms with Gasteiger partial charge in [0.05, 0.1) is 11.0 Å². The molecule has 0 radical (unpaired) electrons. The van der Waals surface area contributed by atoms with Crippen LogP contribution in [0.15, 0.2) is 39.9 Å². The van der Waals surface area contributed by atoms with Crippen molar-refractivity contribution in [2.45, 2.75) is 19.9 Å². The molecule has 3 N–H and O–H groups in total. The number of rotatable bonds is 4. The third-order valence-corrected chi connectivity index (χ3v) is 4.48. The summed E-state index contributed by atoms with van der Waals surface area (Å²) in [5.41, 5.74) is 0.871. The third kappa shape index (κ3) is 2.90. The Balaban J connectivity index is 1.82. The van der Waals surface area contributed by atoms with Gasteiger partial charge in [0, 0.05) is 22.0 Å². The Kier molecular flexibility index (Phi) is 3.62. The molecule has 5 nitrogen and oxygen atoms in total. The highest BCUT2D eigenvalue weighted by Gasteiger charge is 2.02. The Morgan fingerprint density at radius 2 is 1.71 bits per heavy atom. The van der Waals surface area contributed by atoms with Crippen molar-refractivity contribution in [1.82, 2.24) is 9.97 Å². The Morgan fingerprint density at radius 3 is 2.43 bits per heavy atom. The molecule has 21 heavy (non-hydrogen) atoms. The van der Waals surface area contributed by atoms with Gasteiger partial charge in [0.25, 0.3) is 0 Å². The van der Waals surface area contributed by atoms with Gasteiger partial charge in [-0.1, -0.05) is 6.92 Å². The molecule has 2 heterocycles. The van der Waals surface area contributed by atoms with Gasteiger partial charge in [-0.2, -0.15) is 0 Å². The van der Waals surface area contributed by atoms with E-state index < -0.39 is 11.1 Å². The normalized spacial score (nSPS) is 10.9. The van der Waals surface area contributed by atoms with Gasteiger partial charge in [0.1, 0.15) is 0 Å². The van der Waals surface area contributed by atoms with Crippen LogP contribution in [0.5, 0.6) is 0 Å². The van der Waals surface area contributed by atoms with Gasteiger partial charge < -0.3 is 15.3 Å². The first-order valence-electron chi connectivity index (χ1n) is 6.73. The number of benzene rings is 1. The molecular formula is C15H15N3O2S. The summed E-state index contributed by atoms with van der Waals surface area (Å²) in [5, 5.41) is 3.32. The predicted molar refractivity (Wildman–Crippen MR) is 86.2 cm³/mol. The van der Waals surface area contributed by atoms with Crippen molar-refractivity contribution in [3.63, 3.8) is 0 Å². The van der Waals surface area contributed by atoms with E-state index in [-0.39, 0.29) is 0 Å². The lowest BCUT2D eigenvalue weighted by Crippen LogP contribution is -2.28. The molecule has 2 aromatic heterocycles. The SMILES string of the molecule is CCc1ccc(CNc2ccc3[nH]c(=O)c(=O)[nH]c3c2)s1. The number of hydrogen-bond acceptors (Lipinski definition) is 4. The lowest BCUT2D eigenvalue weighted by atomic mass is 10.2. The molecule has 0 fully saturated rings. The van der Waals surface area contributed by atoms with Crippen LogP contribution in [0.25, 0.3) is 11.0 Å². The lowest BCUT2D eigenvalue weighted by molar-refractivity contribution is 1.14. The van der Waals surface area contributed by atoms with E-state index in [0.29, 0.717) is 11.0 Å². The monoisotopic (exact) mass is 301 g/mol. The van der Waals surface area contributed by atoms with Crippen LogP contribution >= 0.6 is 11.3 Å². The predicted octanol–water partition coefficient (Wildman–Crippen LogP) is 2.45.